The smallest absolute Gasteiger partial charge is 0.333 e. The maximum atomic E-state index is 12.1. The van der Waals surface area contributed by atoms with E-state index in [2.05, 4.69) is 5.32 Å². The Bertz CT molecular complexity index is 825. The SMILES string of the molecule is COc1cc(C)c(C(C)(Nc2ccc(C#N)cc2)C(=O)O)cc1OC. The Kier molecular flexibility index (Phi) is 5.18. The average Bonchev–Trinajstić information content (AvgIpc) is 2.61. The number of nitriles is 1. The van der Waals surface area contributed by atoms with E-state index in [9.17, 15) is 9.90 Å². The number of anilines is 1. The summed E-state index contributed by atoms with van der Waals surface area (Å²) in [4.78, 5) is 12.1. The third kappa shape index (κ3) is 3.50. The predicted molar refractivity (Wildman–Crippen MR) is 94.1 cm³/mol. The number of ether oxygens (including phenoxy) is 2. The minimum atomic E-state index is -1.39. The molecule has 0 fully saturated rings. The zero-order chi connectivity index (χ0) is 18.6. The molecular weight excluding hydrogens is 320 g/mol. The number of rotatable bonds is 6. The highest BCUT2D eigenvalue weighted by Crippen LogP contribution is 2.37. The lowest BCUT2D eigenvalue weighted by molar-refractivity contribution is -0.142. The third-order valence-corrected chi connectivity index (χ3v) is 4.11. The Morgan fingerprint density at radius 3 is 2.20 bits per heavy atom. The van der Waals surface area contributed by atoms with Gasteiger partial charge in [0.15, 0.2) is 17.0 Å². The molecule has 0 aromatic heterocycles. The molecule has 0 radical (unpaired) electrons. The second-order valence-corrected chi connectivity index (χ2v) is 5.77. The summed E-state index contributed by atoms with van der Waals surface area (Å²) in [6.07, 6.45) is 0. The van der Waals surface area contributed by atoms with Crippen LogP contribution < -0.4 is 14.8 Å². The summed E-state index contributed by atoms with van der Waals surface area (Å²) in [7, 11) is 3.03. The van der Waals surface area contributed by atoms with Crippen LogP contribution in [0.3, 0.4) is 0 Å². The Morgan fingerprint density at radius 1 is 1.16 bits per heavy atom. The molecule has 130 valence electrons. The molecule has 0 saturated heterocycles. The van der Waals surface area contributed by atoms with Crippen molar-refractivity contribution in [1.82, 2.24) is 0 Å². The summed E-state index contributed by atoms with van der Waals surface area (Å²) in [5.74, 6) is -0.0424. The first-order chi connectivity index (χ1) is 11.8. The van der Waals surface area contributed by atoms with Gasteiger partial charge in [0.05, 0.1) is 25.9 Å². The van der Waals surface area contributed by atoms with E-state index in [4.69, 9.17) is 14.7 Å². The van der Waals surface area contributed by atoms with Crippen molar-refractivity contribution in [2.75, 3.05) is 19.5 Å². The van der Waals surface area contributed by atoms with Gasteiger partial charge in [-0.3, -0.25) is 0 Å². The molecule has 0 aliphatic carbocycles. The van der Waals surface area contributed by atoms with E-state index in [0.717, 1.165) is 5.56 Å². The summed E-state index contributed by atoms with van der Waals surface area (Å²) in [5.41, 5.74) is 1.02. The highest BCUT2D eigenvalue weighted by molar-refractivity contribution is 5.85. The van der Waals surface area contributed by atoms with Crippen LogP contribution in [0.25, 0.3) is 0 Å². The van der Waals surface area contributed by atoms with E-state index in [0.29, 0.717) is 28.3 Å². The Morgan fingerprint density at radius 2 is 1.72 bits per heavy atom. The van der Waals surface area contributed by atoms with Crippen LogP contribution in [0.4, 0.5) is 5.69 Å². The van der Waals surface area contributed by atoms with E-state index in [1.165, 1.54) is 14.2 Å². The number of aliphatic carboxylic acids is 1. The molecule has 6 heteroatoms. The molecule has 6 nitrogen and oxygen atoms in total. The number of carboxylic acid groups (broad SMARTS) is 1. The summed E-state index contributed by atoms with van der Waals surface area (Å²) < 4.78 is 10.6. The molecule has 0 spiro atoms. The summed E-state index contributed by atoms with van der Waals surface area (Å²) in [6, 6.07) is 12.1. The van der Waals surface area contributed by atoms with E-state index >= 15 is 0 Å². The van der Waals surface area contributed by atoms with Crippen LogP contribution in [0, 0.1) is 18.3 Å². The lowest BCUT2D eigenvalue weighted by Gasteiger charge is -2.30. The molecule has 2 aromatic carbocycles. The van der Waals surface area contributed by atoms with Crippen LogP contribution in [0.1, 0.15) is 23.6 Å². The number of carboxylic acids is 1. The number of hydrogen-bond donors (Lipinski definition) is 2. The van der Waals surface area contributed by atoms with Gasteiger partial charge in [0.25, 0.3) is 0 Å². The van der Waals surface area contributed by atoms with Crippen LogP contribution in [0.15, 0.2) is 36.4 Å². The van der Waals surface area contributed by atoms with Gasteiger partial charge in [0, 0.05) is 5.69 Å². The molecule has 25 heavy (non-hydrogen) atoms. The molecule has 0 heterocycles. The number of nitrogens with one attached hydrogen (secondary N) is 1. The molecule has 0 amide bonds. The van der Waals surface area contributed by atoms with Crippen molar-refractivity contribution in [3.05, 3.63) is 53.1 Å². The van der Waals surface area contributed by atoms with Gasteiger partial charge in [0.1, 0.15) is 0 Å². The highest BCUT2D eigenvalue weighted by Gasteiger charge is 2.37. The Balaban J connectivity index is 2.52. The number of carbonyl (C=O) groups is 1. The number of methoxy groups -OCH3 is 2. The van der Waals surface area contributed by atoms with Gasteiger partial charge in [-0.25, -0.2) is 4.79 Å². The minimum absolute atomic E-state index is 0.456. The van der Waals surface area contributed by atoms with Gasteiger partial charge in [-0.1, -0.05) is 0 Å². The molecular formula is C19H20N2O4. The van der Waals surface area contributed by atoms with Crippen molar-refractivity contribution in [2.45, 2.75) is 19.4 Å². The van der Waals surface area contributed by atoms with Crippen LogP contribution in [0.5, 0.6) is 11.5 Å². The van der Waals surface area contributed by atoms with Crippen molar-refractivity contribution in [1.29, 1.82) is 5.26 Å². The minimum Gasteiger partial charge on any atom is -0.493 e. The molecule has 0 saturated carbocycles. The van der Waals surface area contributed by atoms with Crippen molar-refractivity contribution >= 4 is 11.7 Å². The second kappa shape index (κ2) is 7.14. The van der Waals surface area contributed by atoms with Crippen LogP contribution in [-0.4, -0.2) is 25.3 Å². The molecule has 1 atom stereocenters. The Labute approximate surface area is 146 Å². The standard InChI is InChI=1S/C19H20N2O4/c1-12-9-16(24-3)17(25-4)10-15(12)19(2,18(22)23)21-14-7-5-13(11-20)6-8-14/h5-10,21H,1-4H3,(H,22,23). The number of benzene rings is 2. The van der Waals surface area contributed by atoms with Crippen molar-refractivity contribution in [3.63, 3.8) is 0 Å². The number of aryl methyl sites for hydroxylation is 1. The predicted octanol–water partition coefficient (Wildman–Crippen LogP) is 3.30. The van der Waals surface area contributed by atoms with Crippen LogP contribution >= 0.6 is 0 Å². The van der Waals surface area contributed by atoms with Gasteiger partial charge in [0.2, 0.25) is 0 Å². The lowest BCUT2D eigenvalue weighted by Crippen LogP contribution is -2.41. The molecule has 0 aliphatic heterocycles. The maximum absolute atomic E-state index is 12.1. The lowest BCUT2D eigenvalue weighted by atomic mass is 9.87. The monoisotopic (exact) mass is 340 g/mol. The van der Waals surface area contributed by atoms with Crippen molar-refractivity contribution in [2.24, 2.45) is 0 Å². The molecule has 0 aliphatic rings. The number of hydrogen-bond acceptors (Lipinski definition) is 5. The summed E-state index contributed by atoms with van der Waals surface area (Å²) >= 11 is 0. The van der Waals surface area contributed by atoms with E-state index in [-0.39, 0.29) is 0 Å². The topological polar surface area (TPSA) is 91.6 Å². The first-order valence-corrected chi connectivity index (χ1v) is 7.60. The van der Waals surface area contributed by atoms with Gasteiger partial charge in [-0.15, -0.1) is 0 Å². The second-order valence-electron chi connectivity index (χ2n) is 5.77. The summed E-state index contributed by atoms with van der Waals surface area (Å²) in [6.45, 7) is 3.40. The average molecular weight is 340 g/mol. The van der Waals surface area contributed by atoms with Gasteiger partial charge >= 0.3 is 5.97 Å². The van der Waals surface area contributed by atoms with Gasteiger partial charge in [-0.2, -0.15) is 5.26 Å². The zero-order valence-electron chi connectivity index (χ0n) is 14.6. The van der Waals surface area contributed by atoms with Crippen LogP contribution in [-0.2, 0) is 10.3 Å². The normalized spacial score (nSPS) is 12.6. The zero-order valence-corrected chi connectivity index (χ0v) is 14.6. The molecule has 2 aromatic rings. The fourth-order valence-electron chi connectivity index (χ4n) is 2.67. The Hall–Kier alpha value is -3.20. The maximum Gasteiger partial charge on any atom is 0.333 e. The first-order valence-electron chi connectivity index (χ1n) is 7.60. The van der Waals surface area contributed by atoms with Crippen molar-refractivity contribution in [3.8, 4) is 17.6 Å². The molecule has 2 rings (SSSR count). The fourth-order valence-corrected chi connectivity index (χ4v) is 2.67. The van der Waals surface area contributed by atoms with E-state index < -0.39 is 11.5 Å². The molecule has 1 unspecified atom stereocenters. The molecule has 2 N–H and O–H groups in total. The van der Waals surface area contributed by atoms with E-state index in [1.807, 2.05) is 13.0 Å². The fraction of sp³-hybridized carbons (Fsp3) is 0.263. The van der Waals surface area contributed by atoms with Crippen molar-refractivity contribution < 1.29 is 19.4 Å². The largest absolute Gasteiger partial charge is 0.493 e. The van der Waals surface area contributed by atoms with Gasteiger partial charge < -0.3 is 19.9 Å². The molecule has 0 bridgehead atoms. The quantitative estimate of drug-likeness (QED) is 0.838. The van der Waals surface area contributed by atoms with E-state index in [1.54, 1.807) is 43.3 Å². The van der Waals surface area contributed by atoms with Gasteiger partial charge in [-0.05, 0) is 61.4 Å². The number of nitrogens with zero attached hydrogens (tertiary/aromatic N) is 1. The van der Waals surface area contributed by atoms with Crippen LogP contribution in [0.2, 0.25) is 0 Å². The summed E-state index contributed by atoms with van der Waals surface area (Å²) in [5, 5.41) is 21.8. The highest BCUT2D eigenvalue weighted by atomic mass is 16.5. The third-order valence-electron chi connectivity index (χ3n) is 4.11. The first kappa shape index (κ1) is 18.1.